The zero-order chi connectivity index (χ0) is 9.11. The van der Waals surface area contributed by atoms with E-state index >= 15 is 0 Å². The van der Waals surface area contributed by atoms with Crippen LogP contribution in [0, 0.1) is 0 Å². The number of hydrogen-bond acceptors (Lipinski definition) is 2. The first-order chi connectivity index (χ1) is 5.18. The zero-order valence-corrected chi connectivity index (χ0v) is 9.36. The van der Waals surface area contributed by atoms with Gasteiger partial charge in [-0.05, 0) is 12.2 Å². The highest BCUT2D eigenvalue weighted by atomic mass is 32.2. The Bertz CT molecular complexity index is 82.2. The van der Waals surface area contributed by atoms with Crippen LogP contribution in [0.25, 0.3) is 0 Å². The van der Waals surface area contributed by atoms with Gasteiger partial charge in [0.15, 0.2) is 0 Å². The second-order valence-corrected chi connectivity index (χ2v) is 4.00. The van der Waals surface area contributed by atoms with Crippen molar-refractivity contribution in [2.75, 3.05) is 5.75 Å². The Kier molecular flexibility index (Phi) is 16.2. The molecule has 0 rings (SSSR count). The van der Waals surface area contributed by atoms with Gasteiger partial charge in [0.25, 0.3) is 0 Å². The van der Waals surface area contributed by atoms with E-state index in [1.54, 1.807) is 11.8 Å². The van der Waals surface area contributed by atoms with Crippen LogP contribution in [-0.4, -0.2) is 10.1 Å². The molecule has 11 heavy (non-hydrogen) atoms. The SMILES string of the molecule is CCCC.CCCSC(N)=S. The minimum atomic E-state index is 0.557. The van der Waals surface area contributed by atoms with E-state index in [0.29, 0.717) is 4.32 Å². The number of thiocarbonyl (C=S) groups is 1. The molecule has 2 N–H and O–H groups in total. The van der Waals surface area contributed by atoms with Crippen molar-refractivity contribution in [3.63, 3.8) is 0 Å². The summed E-state index contributed by atoms with van der Waals surface area (Å²) >= 11 is 6.14. The van der Waals surface area contributed by atoms with Crippen molar-refractivity contribution >= 4 is 28.3 Å². The van der Waals surface area contributed by atoms with Crippen LogP contribution < -0.4 is 5.73 Å². The van der Waals surface area contributed by atoms with Gasteiger partial charge in [-0.15, -0.1) is 0 Å². The van der Waals surface area contributed by atoms with Crippen LogP contribution in [0.1, 0.15) is 40.0 Å². The number of rotatable bonds is 3. The van der Waals surface area contributed by atoms with Crippen molar-refractivity contribution in [3.8, 4) is 0 Å². The highest BCUT2D eigenvalue weighted by Crippen LogP contribution is 1.99. The van der Waals surface area contributed by atoms with Crippen molar-refractivity contribution in [2.24, 2.45) is 5.73 Å². The molecule has 0 aliphatic heterocycles. The Morgan fingerprint density at radius 2 is 1.64 bits per heavy atom. The van der Waals surface area contributed by atoms with E-state index in [1.807, 2.05) is 0 Å². The van der Waals surface area contributed by atoms with Gasteiger partial charge >= 0.3 is 0 Å². The Morgan fingerprint density at radius 3 is 1.73 bits per heavy atom. The predicted molar refractivity (Wildman–Crippen MR) is 60.1 cm³/mol. The Morgan fingerprint density at radius 1 is 1.18 bits per heavy atom. The molecule has 0 aromatic rings. The van der Waals surface area contributed by atoms with E-state index in [9.17, 15) is 0 Å². The van der Waals surface area contributed by atoms with Gasteiger partial charge in [-0.25, -0.2) is 0 Å². The highest BCUT2D eigenvalue weighted by molar-refractivity contribution is 8.22. The summed E-state index contributed by atoms with van der Waals surface area (Å²) in [4.78, 5) is 0. The smallest absolute Gasteiger partial charge is 0.131 e. The molecule has 0 aliphatic carbocycles. The van der Waals surface area contributed by atoms with Crippen LogP contribution in [0.2, 0.25) is 0 Å². The maximum Gasteiger partial charge on any atom is 0.131 e. The van der Waals surface area contributed by atoms with Crippen LogP contribution in [0.3, 0.4) is 0 Å². The molecule has 0 radical (unpaired) electrons. The molecule has 0 bridgehead atoms. The maximum absolute atomic E-state index is 5.17. The van der Waals surface area contributed by atoms with E-state index < -0.39 is 0 Å². The third kappa shape index (κ3) is 25.3. The molecule has 0 saturated carbocycles. The van der Waals surface area contributed by atoms with Gasteiger partial charge < -0.3 is 5.73 Å². The molecule has 0 fully saturated rings. The normalized spacial score (nSPS) is 8.27. The average Bonchev–Trinajstić information content (AvgIpc) is 2.01. The molecule has 68 valence electrons. The lowest BCUT2D eigenvalue weighted by atomic mass is 10.4. The molecular formula is C8H19NS2. The van der Waals surface area contributed by atoms with Gasteiger partial charge in [0, 0.05) is 0 Å². The van der Waals surface area contributed by atoms with E-state index in [-0.39, 0.29) is 0 Å². The van der Waals surface area contributed by atoms with Crippen LogP contribution in [0.5, 0.6) is 0 Å². The van der Waals surface area contributed by atoms with Gasteiger partial charge in [-0.3, -0.25) is 0 Å². The molecule has 0 heterocycles. The minimum Gasteiger partial charge on any atom is -0.385 e. The topological polar surface area (TPSA) is 26.0 Å². The number of hydrogen-bond donors (Lipinski definition) is 1. The molecule has 0 unspecified atom stereocenters. The van der Waals surface area contributed by atoms with E-state index in [4.69, 9.17) is 5.73 Å². The molecule has 3 heteroatoms. The van der Waals surface area contributed by atoms with E-state index in [1.165, 1.54) is 12.8 Å². The average molecular weight is 193 g/mol. The summed E-state index contributed by atoms with van der Waals surface area (Å²) in [7, 11) is 0. The standard InChI is InChI=1S/C4H9NS2.C4H10/c1-2-3-7-4(5)6;1-3-4-2/h2-3H2,1H3,(H2,5,6);3-4H2,1-2H3. The summed E-state index contributed by atoms with van der Waals surface area (Å²) in [5, 5.41) is 0. The zero-order valence-electron chi connectivity index (χ0n) is 7.72. The van der Waals surface area contributed by atoms with E-state index in [0.717, 1.165) is 12.2 Å². The van der Waals surface area contributed by atoms with Crippen molar-refractivity contribution in [2.45, 2.75) is 40.0 Å². The third-order valence-corrected chi connectivity index (χ3v) is 2.20. The lowest BCUT2D eigenvalue weighted by Crippen LogP contribution is -2.01. The fourth-order valence-corrected chi connectivity index (χ4v) is 0.858. The monoisotopic (exact) mass is 193 g/mol. The third-order valence-electron chi connectivity index (χ3n) is 0.948. The summed E-state index contributed by atoms with van der Waals surface area (Å²) < 4.78 is 0.557. The second kappa shape index (κ2) is 12.9. The summed E-state index contributed by atoms with van der Waals surface area (Å²) in [6, 6.07) is 0. The molecule has 0 atom stereocenters. The quantitative estimate of drug-likeness (QED) is 0.697. The first kappa shape index (κ1) is 13.8. The fraction of sp³-hybridized carbons (Fsp3) is 0.875. The maximum atomic E-state index is 5.17. The van der Waals surface area contributed by atoms with Gasteiger partial charge in [0.05, 0.1) is 0 Å². The minimum absolute atomic E-state index is 0.557. The largest absolute Gasteiger partial charge is 0.385 e. The van der Waals surface area contributed by atoms with Gasteiger partial charge in [0.1, 0.15) is 4.32 Å². The predicted octanol–water partition coefficient (Wildman–Crippen LogP) is 3.18. The lowest BCUT2D eigenvalue weighted by Gasteiger charge is -1.90. The molecule has 1 nitrogen and oxygen atoms in total. The van der Waals surface area contributed by atoms with Gasteiger partial charge in [0.2, 0.25) is 0 Å². The molecule has 0 aromatic heterocycles. The molecule has 0 amide bonds. The van der Waals surface area contributed by atoms with E-state index in [2.05, 4.69) is 33.0 Å². The summed E-state index contributed by atoms with van der Waals surface area (Å²) in [5.74, 6) is 1.05. The Labute approximate surface area is 80.1 Å². The molecule has 0 aromatic carbocycles. The molecule has 0 spiro atoms. The van der Waals surface area contributed by atoms with Gasteiger partial charge in [-0.1, -0.05) is 57.6 Å². The van der Waals surface area contributed by atoms with Crippen molar-refractivity contribution < 1.29 is 0 Å². The lowest BCUT2D eigenvalue weighted by molar-refractivity contribution is 0.886. The number of unbranched alkanes of at least 4 members (excludes halogenated alkanes) is 1. The van der Waals surface area contributed by atoms with Crippen LogP contribution in [-0.2, 0) is 0 Å². The molecule has 0 saturated heterocycles. The summed E-state index contributed by atoms with van der Waals surface area (Å²) in [6.07, 6.45) is 3.78. The fourth-order valence-electron chi connectivity index (χ4n) is 0.203. The van der Waals surface area contributed by atoms with Crippen LogP contribution >= 0.6 is 24.0 Å². The van der Waals surface area contributed by atoms with Crippen molar-refractivity contribution in [1.29, 1.82) is 0 Å². The molecular weight excluding hydrogens is 174 g/mol. The Balaban J connectivity index is 0. The highest BCUT2D eigenvalue weighted by Gasteiger charge is 1.84. The first-order valence-electron chi connectivity index (χ1n) is 4.11. The van der Waals surface area contributed by atoms with Crippen LogP contribution in [0.15, 0.2) is 0 Å². The Hall–Kier alpha value is 0.240. The molecule has 0 aliphatic rings. The first-order valence-corrected chi connectivity index (χ1v) is 5.50. The van der Waals surface area contributed by atoms with Crippen molar-refractivity contribution in [1.82, 2.24) is 0 Å². The second-order valence-electron chi connectivity index (χ2n) is 2.17. The number of nitrogens with two attached hydrogens (primary N) is 1. The summed E-state index contributed by atoms with van der Waals surface area (Å²) in [5.41, 5.74) is 5.17. The number of thioether (sulfide) groups is 1. The van der Waals surface area contributed by atoms with Crippen molar-refractivity contribution in [3.05, 3.63) is 0 Å². The summed E-state index contributed by atoms with van der Waals surface area (Å²) in [6.45, 7) is 6.46. The van der Waals surface area contributed by atoms with Gasteiger partial charge in [-0.2, -0.15) is 0 Å². The van der Waals surface area contributed by atoms with Crippen LogP contribution in [0.4, 0.5) is 0 Å².